The van der Waals surface area contributed by atoms with Crippen molar-refractivity contribution in [3.63, 3.8) is 0 Å². The van der Waals surface area contributed by atoms with Crippen molar-refractivity contribution in [2.45, 2.75) is 62.8 Å². The average molecular weight is 353 g/mol. The summed E-state index contributed by atoms with van der Waals surface area (Å²) in [6.45, 7) is 2.06. The Hall–Kier alpha value is -1.68. The molecule has 2 bridgehead atoms. The van der Waals surface area contributed by atoms with Gasteiger partial charge in [-0.3, -0.25) is 9.69 Å². The van der Waals surface area contributed by atoms with E-state index in [1.165, 1.54) is 32.1 Å². The lowest BCUT2D eigenvalue weighted by molar-refractivity contribution is -0.0135. The second-order valence-corrected chi connectivity index (χ2v) is 8.92. The number of hydrogen-bond donors (Lipinski definition) is 1. The number of rotatable bonds is 3. The third-order valence-corrected chi connectivity index (χ3v) is 7.77. The van der Waals surface area contributed by atoms with E-state index < -0.39 is 5.97 Å². The van der Waals surface area contributed by atoms with Gasteiger partial charge in [0, 0.05) is 17.5 Å². The van der Waals surface area contributed by atoms with E-state index in [0.29, 0.717) is 11.5 Å². The van der Waals surface area contributed by atoms with Crippen molar-refractivity contribution in [2.24, 2.45) is 11.8 Å². The summed E-state index contributed by atoms with van der Waals surface area (Å²) in [5.41, 5.74) is 2.20. The summed E-state index contributed by atoms with van der Waals surface area (Å²) in [5, 5.41) is 9.45. The molecule has 3 atom stereocenters. The van der Waals surface area contributed by atoms with E-state index in [0.717, 1.165) is 49.4 Å². The van der Waals surface area contributed by atoms with E-state index in [2.05, 4.69) is 4.90 Å². The first-order chi connectivity index (χ1) is 12.6. The third kappa shape index (κ3) is 2.24. The molecule has 4 heteroatoms. The highest BCUT2D eigenvalue weighted by molar-refractivity contribution is 6.04. The van der Waals surface area contributed by atoms with E-state index in [9.17, 15) is 14.7 Å². The number of fused-ring (bicyclic) bond motifs is 1. The first-order valence-corrected chi connectivity index (χ1v) is 10.3. The van der Waals surface area contributed by atoms with Crippen molar-refractivity contribution >= 4 is 11.8 Å². The minimum atomic E-state index is -0.895. The molecule has 4 nitrogen and oxygen atoms in total. The first-order valence-electron chi connectivity index (χ1n) is 10.3. The number of carboxylic acid groups (broad SMARTS) is 1. The van der Waals surface area contributed by atoms with Crippen molar-refractivity contribution < 1.29 is 14.7 Å². The number of Topliss-reactive ketones (excluding diaryl/α,β-unsaturated/α-hetero) is 1. The van der Waals surface area contributed by atoms with Gasteiger partial charge in [-0.1, -0.05) is 25.3 Å². The molecule has 3 aliphatic carbocycles. The van der Waals surface area contributed by atoms with Crippen LogP contribution in [0.4, 0.5) is 0 Å². The summed E-state index contributed by atoms with van der Waals surface area (Å²) < 4.78 is 0. The fourth-order valence-corrected chi connectivity index (χ4v) is 6.27. The smallest absolute Gasteiger partial charge is 0.335 e. The standard InChI is InChI=1S/C22H27NO3/c24-20-16-8-7-15(21(25)26)12-18(16)22-9-2-1-6-17(22)19(20)23(11-10-22)13-14-4-3-5-14/h7-8,12,14,17,19H,1-6,9-11,13H2,(H,25,26)/t17-,19+,22+/m0/s1. The van der Waals surface area contributed by atoms with Gasteiger partial charge in [-0.15, -0.1) is 0 Å². The van der Waals surface area contributed by atoms with Crippen LogP contribution in [0.2, 0.25) is 0 Å². The molecule has 0 aromatic heterocycles. The van der Waals surface area contributed by atoms with Crippen molar-refractivity contribution in [3.8, 4) is 0 Å². The molecular formula is C22H27NO3. The highest BCUT2D eigenvalue weighted by Crippen LogP contribution is 2.56. The fraction of sp³-hybridized carbons (Fsp3) is 0.636. The van der Waals surface area contributed by atoms with Crippen LogP contribution in [0, 0.1) is 11.8 Å². The summed E-state index contributed by atoms with van der Waals surface area (Å²) in [5.74, 6) is 0.496. The maximum atomic E-state index is 13.5. The number of ketones is 1. The fourth-order valence-electron chi connectivity index (χ4n) is 6.27. The van der Waals surface area contributed by atoms with Gasteiger partial charge in [0.1, 0.15) is 0 Å². The average Bonchev–Trinajstić information content (AvgIpc) is 2.62. The SMILES string of the molecule is O=C(O)c1ccc2c(c1)[C@@]13CCCC[C@H]1[C@H](C2=O)N(CC1CCC1)CC3. The Morgan fingerprint density at radius 2 is 2.00 bits per heavy atom. The molecule has 3 fully saturated rings. The summed E-state index contributed by atoms with van der Waals surface area (Å²) in [4.78, 5) is 27.5. The van der Waals surface area contributed by atoms with Gasteiger partial charge in [-0.05, 0) is 68.2 Å². The van der Waals surface area contributed by atoms with Gasteiger partial charge in [0.05, 0.1) is 11.6 Å². The Labute approximate surface area is 154 Å². The van der Waals surface area contributed by atoms with Crippen molar-refractivity contribution in [1.29, 1.82) is 0 Å². The minimum Gasteiger partial charge on any atom is -0.478 e. The van der Waals surface area contributed by atoms with Gasteiger partial charge in [-0.25, -0.2) is 4.79 Å². The summed E-state index contributed by atoms with van der Waals surface area (Å²) >= 11 is 0. The van der Waals surface area contributed by atoms with E-state index in [-0.39, 0.29) is 17.2 Å². The molecule has 138 valence electrons. The second-order valence-electron chi connectivity index (χ2n) is 8.92. The predicted molar refractivity (Wildman–Crippen MR) is 98.7 cm³/mol. The molecular weight excluding hydrogens is 326 g/mol. The zero-order valence-electron chi connectivity index (χ0n) is 15.2. The van der Waals surface area contributed by atoms with Gasteiger partial charge in [0.25, 0.3) is 0 Å². The highest BCUT2D eigenvalue weighted by Gasteiger charge is 2.57. The molecule has 0 amide bonds. The third-order valence-electron chi connectivity index (χ3n) is 7.77. The molecule has 5 rings (SSSR count). The van der Waals surface area contributed by atoms with Crippen molar-refractivity contribution in [3.05, 3.63) is 34.9 Å². The number of carbonyl (C=O) groups is 2. The Bertz CT molecular complexity index is 769. The molecule has 2 saturated carbocycles. The Balaban J connectivity index is 1.60. The molecule has 1 saturated heterocycles. The van der Waals surface area contributed by atoms with Crippen molar-refractivity contribution in [2.75, 3.05) is 13.1 Å². The van der Waals surface area contributed by atoms with Gasteiger partial charge in [0.2, 0.25) is 0 Å². The zero-order valence-corrected chi connectivity index (χ0v) is 15.2. The van der Waals surface area contributed by atoms with Crippen LogP contribution in [-0.4, -0.2) is 40.9 Å². The number of aromatic carboxylic acids is 1. The quantitative estimate of drug-likeness (QED) is 0.896. The minimum absolute atomic E-state index is 0.0211. The zero-order chi connectivity index (χ0) is 17.9. The molecule has 1 N–H and O–H groups in total. The Kier molecular flexibility index (Phi) is 3.75. The maximum absolute atomic E-state index is 13.5. The molecule has 0 spiro atoms. The van der Waals surface area contributed by atoms with Crippen LogP contribution in [0.25, 0.3) is 0 Å². The van der Waals surface area contributed by atoms with Gasteiger partial charge < -0.3 is 5.11 Å². The topological polar surface area (TPSA) is 57.6 Å². The van der Waals surface area contributed by atoms with Crippen LogP contribution >= 0.6 is 0 Å². The highest BCUT2D eigenvalue weighted by atomic mass is 16.4. The number of benzene rings is 1. The maximum Gasteiger partial charge on any atom is 0.335 e. The molecule has 4 aliphatic rings. The van der Waals surface area contributed by atoms with E-state index in [1.807, 2.05) is 6.07 Å². The molecule has 1 aromatic carbocycles. The number of nitrogens with zero attached hydrogens (tertiary/aromatic N) is 1. The van der Waals surface area contributed by atoms with Crippen molar-refractivity contribution in [1.82, 2.24) is 4.90 Å². The predicted octanol–water partition coefficient (Wildman–Crippen LogP) is 3.88. The van der Waals surface area contributed by atoms with E-state index >= 15 is 0 Å². The van der Waals surface area contributed by atoms with Crippen LogP contribution in [0.15, 0.2) is 18.2 Å². The Morgan fingerprint density at radius 3 is 2.73 bits per heavy atom. The first kappa shape index (κ1) is 16.5. The van der Waals surface area contributed by atoms with Crippen LogP contribution in [0.1, 0.15) is 77.6 Å². The lowest BCUT2D eigenvalue weighted by Crippen LogP contribution is -2.64. The van der Waals surface area contributed by atoms with E-state index in [1.54, 1.807) is 12.1 Å². The number of piperidine rings is 1. The number of likely N-dealkylation sites (tertiary alicyclic amines) is 1. The van der Waals surface area contributed by atoms with Crippen LogP contribution in [0.5, 0.6) is 0 Å². The van der Waals surface area contributed by atoms with Crippen LogP contribution < -0.4 is 0 Å². The molecule has 1 aliphatic heterocycles. The van der Waals surface area contributed by atoms with Gasteiger partial charge >= 0.3 is 5.97 Å². The molecule has 0 unspecified atom stereocenters. The van der Waals surface area contributed by atoms with Crippen LogP contribution in [0.3, 0.4) is 0 Å². The monoisotopic (exact) mass is 353 g/mol. The number of carboxylic acids is 1. The van der Waals surface area contributed by atoms with E-state index in [4.69, 9.17) is 0 Å². The second kappa shape index (κ2) is 5.91. The normalized spacial score (nSPS) is 33.9. The van der Waals surface area contributed by atoms with Crippen LogP contribution in [-0.2, 0) is 5.41 Å². The largest absolute Gasteiger partial charge is 0.478 e. The Morgan fingerprint density at radius 1 is 1.15 bits per heavy atom. The number of hydrogen-bond acceptors (Lipinski definition) is 3. The van der Waals surface area contributed by atoms with Gasteiger partial charge in [0.15, 0.2) is 5.78 Å². The lowest BCUT2D eigenvalue weighted by atomic mass is 9.52. The lowest BCUT2D eigenvalue weighted by Gasteiger charge is -2.58. The molecule has 26 heavy (non-hydrogen) atoms. The van der Waals surface area contributed by atoms with Gasteiger partial charge in [-0.2, -0.15) is 0 Å². The summed E-state index contributed by atoms with van der Waals surface area (Å²) in [7, 11) is 0. The molecule has 0 radical (unpaired) electrons. The summed E-state index contributed by atoms with van der Waals surface area (Å²) in [6.07, 6.45) is 9.63. The molecule has 1 heterocycles. The molecule has 1 aromatic rings. The number of carbonyl (C=O) groups excluding carboxylic acids is 1. The summed E-state index contributed by atoms with van der Waals surface area (Å²) in [6, 6.07) is 5.26.